The highest BCUT2D eigenvalue weighted by Crippen LogP contribution is 2.34. The number of nitrogens with zero attached hydrogens (tertiary/aromatic N) is 2. The van der Waals surface area contributed by atoms with Crippen LogP contribution in [0.5, 0.6) is 5.75 Å². The number of fused-ring (bicyclic) bond motifs is 1. The van der Waals surface area contributed by atoms with Crippen LogP contribution < -0.4 is 4.74 Å². The fourth-order valence-corrected chi connectivity index (χ4v) is 2.45. The maximum Gasteiger partial charge on any atom is 0.143 e. The Morgan fingerprint density at radius 2 is 1.75 bits per heavy atom. The highest BCUT2D eigenvalue weighted by Gasteiger charge is 2.20. The van der Waals surface area contributed by atoms with Crippen molar-refractivity contribution < 1.29 is 9.84 Å². The molecule has 4 nitrogen and oxygen atoms in total. The van der Waals surface area contributed by atoms with Crippen LogP contribution in [0.4, 0.5) is 0 Å². The number of hydrogen-bond acceptors (Lipinski definition) is 4. The summed E-state index contributed by atoms with van der Waals surface area (Å²) >= 11 is 0. The van der Waals surface area contributed by atoms with E-state index in [0.29, 0.717) is 0 Å². The molecule has 0 amide bonds. The lowest BCUT2D eigenvalue weighted by atomic mass is 9.96. The van der Waals surface area contributed by atoms with Crippen molar-refractivity contribution in [2.75, 3.05) is 0 Å². The molecule has 24 heavy (non-hydrogen) atoms. The van der Waals surface area contributed by atoms with Crippen LogP contribution in [-0.4, -0.2) is 5.11 Å². The van der Waals surface area contributed by atoms with Crippen LogP contribution in [0, 0.1) is 22.7 Å². The monoisotopic (exact) mass is 318 g/mol. The lowest BCUT2D eigenvalue weighted by Crippen LogP contribution is -2.12. The van der Waals surface area contributed by atoms with Crippen molar-refractivity contribution in [1.29, 1.82) is 10.5 Å². The van der Waals surface area contributed by atoms with Crippen molar-refractivity contribution in [1.82, 2.24) is 0 Å². The fourth-order valence-electron chi connectivity index (χ4n) is 2.45. The average molecular weight is 318 g/mol. The van der Waals surface area contributed by atoms with Crippen LogP contribution >= 0.6 is 0 Å². The second-order valence-corrected chi connectivity index (χ2v) is 5.23. The maximum atomic E-state index is 9.85. The van der Waals surface area contributed by atoms with Crippen LogP contribution in [0.15, 0.2) is 54.6 Å². The number of para-hydroxylation sites is 1. The summed E-state index contributed by atoms with van der Waals surface area (Å²) in [6.45, 7) is 1.78. The molecule has 0 radical (unpaired) electrons. The molecule has 1 aliphatic heterocycles. The molecule has 0 aliphatic carbocycles. The minimum atomic E-state index is -0.495. The van der Waals surface area contributed by atoms with Crippen molar-refractivity contribution in [3.63, 3.8) is 0 Å². The molecular formula is C20H18N2O2. The highest BCUT2D eigenvalue weighted by atomic mass is 16.5. The third kappa shape index (κ3) is 4.23. The van der Waals surface area contributed by atoms with Gasteiger partial charge in [0.1, 0.15) is 18.3 Å². The lowest BCUT2D eigenvalue weighted by Gasteiger charge is -2.24. The molecule has 0 aromatic heterocycles. The normalized spacial score (nSPS) is 15.6. The molecular weight excluding hydrogens is 300 g/mol. The molecule has 120 valence electrons. The lowest BCUT2D eigenvalue weighted by molar-refractivity contribution is 0.190. The van der Waals surface area contributed by atoms with Gasteiger partial charge < -0.3 is 9.84 Å². The van der Waals surface area contributed by atoms with Gasteiger partial charge in [0.25, 0.3) is 0 Å². The van der Waals surface area contributed by atoms with Gasteiger partial charge in [-0.2, -0.15) is 10.5 Å². The fraction of sp³-hybridized carbons (Fsp3) is 0.200. The zero-order valence-corrected chi connectivity index (χ0v) is 13.4. The Morgan fingerprint density at radius 1 is 1.08 bits per heavy atom. The van der Waals surface area contributed by atoms with E-state index in [4.69, 9.17) is 15.3 Å². The van der Waals surface area contributed by atoms with Gasteiger partial charge in [-0.25, -0.2) is 0 Å². The van der Waals surface area contributed by atoms with E-state index >= 15 is 0 Å². The number of hydrogen-bond donors (Lipinski definition) is 1. The van der Waals surface area contributed by atoms with Crippen LogP contribution in [0.2, 0.25) is 0 Å². The molecule has 0 saturated heterocycles. The van der Waals surface area contributed by atoms with E-state index in [1.807, 2.05) is 54.6 Å². The first-order chi connectivity index (χ1) is 11.7. The van der Waals surface area contributed by atoms with Crippen molar-refractivity contribution >= 4 is 6.08 Å². The van der Waals surface area contributed by atoms with E-state index < -0.39 is 6.10 Å². The largest absolute Gasteiger partial charge is 0.481 e. The summed E-state index contributed by atoms with van der Waals surface area (Å²) in [5.41, 5.74) is 3.02. The Labute approximate surface area is 141 Å². The van der Waals surface area contributed by atoms with E-state index in [-0.39, 0.29) is 12.5 Å². The second-order valence-electron chi connectivity index (χ2n) is 5.23. The van der Waals surface area contributed by atoms with E-state index in [9.17, 15) is 5.11 Å². The van der Waals surface area contributed by atoms with Crippen LogP contribution in [0.1, 0.15) is 42.2 Å². The molecule has 4 heteroatoms. The standard InChI is InChI=1S/C17H16O2.C3H2N2/c1-12(18)14-7-3-4-8-15(14)17-11-10-13-6-2-5-9-16(13)19-17;4-2-1-3-5/h2-12,17-18H,1H3;1H2. The molecule has 1 N–H and O–H groups in total. The molecule has 0 bridgehead atoms. The minimum Gasteiger partial charge on any atom is -0.481 e. The number of rotatable bonds is 2. The minimum absolute atomic E-state index is 0. The molecule has 3 rings (SSSR count). The van der Waals surface area contributed by atoms with Gasteiger partial charge in [-0.15, -0.1) is 0 Å². The third-order valence-corrected chi connectivity index (χ3v) is 3.53. The number of aliphatic hydroxyl groups excluding tert-OH is 1. The van der Waals surface area contributed by atoms with Crippen molar-refractivity contribution in [3.8, 4) is 17.9 Å². The zero-order valence-electron chi connectivity index (χ0n) is 13.4. The Balaban J connectivity index is 0.000000368. The Hall–Kier alpha value is -3.08. The Morgan fingerprint density at radius 3 is 2.42 bits per heavy atom. The molecule has 0 fully saturated rings. The quantitative estimate of drug-likeness (QED) is 0.895. The molecule has 1 aliphatic rings. The number of nitriles is 2. The van der Waals surface area contributed by atoms with Gasteiger partial charge in [-0.05, 0) is 24.6 Å². The molecule has 0 saturated carbocycles. The molecule has 2 unspecified atom stereocenters. The highest BCUT2D eigenvalue weighted by molar-refractivity contribution is 5.60. The molecule has 0 spiro atoms. The zero-order chi connectivity index (χ0) is 17.4. The van der Waals surface area contributed by atoms with E-state index in [1.54, 1.807) is 19.1 Å². The summed E-state index contributed by atoms with van der Waals surface area (Å²) in [4.78, 5) is 0. The van der Waals surface area contributed by atoms with Gasteiger partial charge in [0.2, 0.25) is 0 Å². The second kappa shape index (κ2) is 8.53. The molecule has 2 aromatic carbocycles. The predicted molar refractivity (Wildman–Crippen MR) is 91.8 cm³/mol. The molecule has 2 aromatic rings. The van der Waals surface area contributed by atoms with Gasteiger partial charge in [0.15, 0.2) is 0 Å². The van der Waals surface area contributed by atoms with Gasteiger partial charge in [-0.1, -0.05) is 48.5 Å². The Kier molecular flexibility index (Phi) is 6.14. The Bertz CT molecular complexity index is 786. The van der Waals surface area contributed by atoms with Gasteiger partial charge in [-0.3, -0.25) is 0 Å². The van der Waals surface area contributed by atoms with Gasteiger partial charge in [0, 0.05) is 11.1 Å². The first-order valence-electron chi connectivity index (χ1n) is 7.62. The SMILES string of the molecule is CC(O)c1ccccc1C1C=Cc2ccccc2O1.N#CCC#N. The molecule has 2 atom stereocenters. The topological polar surface area (TPSA) is 77.0 Å². The van der Waals surface area contributed by atoms with Gasteiger partial charge in [0.05, 0.1) is 18.2 Å². The number of aliphatic hydroxyl groups is 1. The van der Waals surface area contributed by atoms with Crippen molar-refractivity contribution in [2.24, 2.45) is 0 Å². The number of ether oxygens (including phenoxy) is 1. The predicted octanol–water partition coefficient (Wildman–Crippen LogP) is 4.31. The summed E-state index contributed by atoms with van der Waals surface area (Å²) in [6.07, 6.45) is 3.47. The molecule has 1 heterocycles. The summed E-state index contributed by atoms with van der Waals surface area (Å²) in [5.74, 6) is 0.885. The van der Waals surface area contributed by atoms with Crippen LogP contribution in [0.25, 0.3) is 6.08 Å². The summed E-state index contributed by atoms with van der Waals surface area (Å²) in [7, 11) is 0. The number of benzene rings is 2. The summed E-state index contributed by atoms with van der Waals surface area (Å²) < 4.78 is 6.01. The smallest absolute Gasteiger partial charge is 0.143 e. The van der Waals surface area contributed by atoms with E-state index in [0.717, 1.165) is 22.4 Å². The van der Waals surface area contributed by atoms with Crippen LogP contribution in [0.3, 0.4) is 0 Å². The summed E-state index contributed by atoms with van der Waals surface area (Å²) in [6, 6.07) is 19.1. The first-order valence-corrected chi connectivity index (χ1v) is 7.62. The van der Waals surface area contributed by atoms with Crippen LogP contribution in [-0.2, 0) is 0 Å². The summed E-state index contributed by atoms with van der Waals surface area (Å²) in [5, 5.41) is 25.0. The van der Waals surface area contributed by atoms with Crippen molar-refractivity contribution in [2.45, 2.75) is 25.6 Å². The van der Waals surface area contributed by atoms with Crippen molar-refractivity contribution in [3.05, 3.63) is 71.3 Å². The maximum absolute atomic E-state index is 9.85. The van der Waals surface area contributed by atoms with Gasteiger partial charge >= 0.3 is 0 Å². The van der Waals surface area contributed by atoms with E-state index in [2.05, 4.69) is 6.08 Å². The first kappa shape index (κ1) is 17.3. The van der Waals surface area contributed by atoms with E-state index in [1.165, 1.54) is 0 Å². The third-order valence-electron chi connectivity index (χ3n) is 3.53. The average Bonchev–Trinajstić information content (AvgIpc) is 2.62.